The highest BCUT2D eigenvalue weighted by atomic mass is 16.5. The highest BCUT2D eigenvalue weighted by molar-refractivity contribution is 6.04. The molecule has 6 nitrogen and oxygen atoms in total. The van der Waals surface area contributed by atoms with E-state index in [2.05, 4.69) is 20.3 Å². The second-order valence-corrected chi connectivity index (χ2v) is 4.88. The number of hydrogen-bond donors (Lipinski definition) is 1. The summed E-state index contributed by atoms with van der Waals surface area (Å²) in [5.41, 5.74) is 2.22. The van der Waals surface area contributed by atoms with Crippen LogP contribution in [-0.2, 0) is 0 Å². The molecule has 0 aliphatic rings. The molecule has 23 heavy (non-hydrogen) atoms. The number of aromatic nitrogens is 3. The summed E-state index contributed by atoms with van der Waals surface area (Å²) >= 11 is 0. The van der Waals surface area contributed by atoms with Gasteiger partial charge in [0.05, 0.1) is 12.4 Å². The number of ether oxygens (including phenoxy) is 1. The number of hydrogen-bond acceptors (Lipinski definition) is 5. The monoisotopic (exact) mass is 306 g/mol. The molecule has 2 aromatic heterocycles. The van der Waals surface area contributed by atoms with Gasteiger partial charge in [-0.1, -0.05) is 17.7 Å². The Balaban J connectivity index is 1.74. The van der Waals surface area contributed by atoms with Crippen LogP contribution in [0.25, 0.3) is 0 Å². The van der Waals surface area contributed by atoms with Crippen molar-refractivity contribution in [2.75, 3.05) is 5.32 Å². The number of benzene rings is 1. The SMILES string of the molecule is Cc1cccc(C(=O)Nc2ccnc(Oc3cncnc3)c2)c1. The van der Waals surface area contributed by atoms with Crippen LogP contribution in [0.4, 0.5) is 5.69 Å². The molecule has 0 aliphatic heterocycles. The molecule has 0 aliphatic carbocycles. The van der Waals surface area contributed by atoms with Gasteiger partial charge in [-0.15, -0.1) is 0 Å². The van der Waals surface area contributed by atoms with Crippen molar-refractivity contribution >= 4 is 11.6 Å². The Morgan fingerprint density at radius 3 is 2.74 bits per heavy atom. The number of aryl methyl sites for hydroxylation is 1. The fraction of sp³-hybridized carbons (Fsp3) is 0.0588. The van der Waals surface area contributed by atoms with Crippen LogP contribution >= 0.6 is 0 Å². The average Bonchev–Trinajstić information content (AvgIpc) is 2.56. The van der Waals surface area contributed by atoms with E-state index in [0.29, 0.717) is 22.9 Å². The second kappa shape index (κ2) is 6.65. The summed E-state index contributed by atoms with van der Waals surface area (Å²) in [4.78, 5) is 24.1. The zero-order valence-electron chi connectivity index (χ0n) is 12.4. The lowest BCUT2D eigenvalue weighted by Gasteiger charge is -2.08. The molecule has 0 fully saturated rings. The number of amides is 1. The number of nitrogens with zero attached hydrogens (tertiary/aromatic N) is 3. The van der Waals surface area contributed by atoms with Gasteiger partial charge < -0.3 is 10.1 Å². The number of rotatable bonds is 4. The molecule has 3 rings (SSSR count). The molecule has 3 aromatic rings. The maximum absolute atomic E-state index is 12.2. The van der Waals surface area contributed by atoms with E-state index in [1.54, 1.807) is 24.4 Å². The van der Waals surface area contributed by atoms with E-state index in [4.69, 9.17) is 4.74 Å². The first kappa shape index (κ1) is 14.6. The summed E-state index contributed by atoms with van der Waals surface area (Å²) in [7, 11) is 0. The number of nitrogens with one attached hydrogen (secondary N) is 1. The van der Waals surface area contributed by atoms with Crippen molar-refractivity contribution in [3.8, 4) is 11.6 Å². The lowest BCUT2D eigenvalue weighted by molar-refractivity contribution is 0.102. The fourth-order valence-corrected chi connectivity index (χ4v) is 1.99. The summed E-state index contributed by atoms with van der Waals surface area (Å²) in [6.45, 7) is 1.94. The molecule has 0 radical (unpaired) electrons. The van der Waals surface area contributed by atoms with Crippen molar-refractivity contribution in [3.63, 3.8) is 0 Å². The quantitative estimate of drug-likeness (QED) is 0.800. The fourth-order valence-electron chi connectivity index (χ4n) is 1.99. The van der Waals surface area contributed by atoms with Gasteiger partial charge >= 0.3 is 0 Å². The summed E-state index contributed by atoms with van der Waals surface area (Å²) in [6, 6.07) is 10.7. The molecule has 0 spiro atoms. The predicted octanol–water partition coefficient (Wildman–Crippen LogP) is 3.22. The van der Waals surface area contributed by atoms with E-state index in [0.717, 1.165) is 5.56 Å². The largest absolute Gasteiger partial charge is 0.436 e. The van der Waals surface area contributed by atoms with Crippen LogP contribution in [0.3, 0.4) is 0 Å². The molecular formula is C17H14N4O2. The van der Waals surface area contributed by atoms with E-state index in [1.165, 1.54) is 18.7 Å². The van der Waals surface area contributed by atoms with Crippen molar-refractivity contribution in [3.05, 3.63) is 72.4 Å². The van der Waals surface area contributed by atoms with Gasteiger partial charge in [-0.05, 0) is 25.1 Å². The Kier molecular flexibility index (Phi) is 4.24. The molecule has 2 heterocycles. The topological polar surface area (TPSA) is 77.0 Å². The van der Waals surface area contributed by atoms with Gasteiger partial charge in [0.1, 0.15) is 6.33 Å². The first-order valence-electron chi connectivity index (χ1n) is 6.98. The molecule has 0 saturated carbocycles. The van der Waals surface area contributed by atoms with Crippen molar-refractivity contribution in [2.24, 2.45) is 0 Å². The lowest BCUT2D eigenvalue weighted by Crippen LogP contribution is -2.12. The van der Waals surface area contributed by atoms with Gasteiger partial charge in [-0.25, -0.2) is 15.0 Å². The highest BCUT2D eigenvalue weighted by Gasteiger charge is 2.07. The first-order valence-corrected chi connectivity index (χ1v) is 6.98. The van der Waals surface area contributed by atoms with Crippen LogP contribution < -0.4 is 10.1 Å². The zero-order valence-corrected chi connectivity index (χ0v) is 12.4. The van der Waals surface area contributed by atoms with Crippen LogP contribution in [0.2, 0.25) is 0 Å². The van der Waals surface area contributed by atoms with Gasteiger partial charge in [0, 0.05) is 23.5 Å². The lowest BCUT2D eigenvalue weighted by atomic mass is 10.1. The molecule has 0 saturated heterocycles. The van der Waals surface area contributed by atoms with E-state index < -0.39 is 0 Å². The van der Waals surface area contributed by atoms with Crippen LogP contribution in [0, 0.1) is 6.92 Å². The Morgan fingerprint density at radius 1 is 1.13 bits per heavy atom. The smallest absolute Gasteiger partial charge is 0.255 e. The van der Waals surface area contributed by atoms with Gasteiger partial charge in [0.15, 0.2) is 5.75 Å². The standard InChI is InChI=1S/C17H14N4O2/c1-12-3-2-4-13(7-12)17(22)21-14-5-6-20-16(8-14)23-15-9-18-11-19-10-15/h2-11H,1H3,(H,20,21,22). The van der Waals surface area contributed by atoms with Crippen LogP contribution in [0.5, 0.6) is 11.6 Å². The maximum atomic E-state index is 12.2. The minimum Gasteiger partial charge on any atom is -0.436 e. The first-order chi connectivity index (χ1) is 11.2. The number of carbonyl (C=O) groups excluding carboxylic acids is 1. The summed E-state index contributed by atoms with van der Waals surface area (Å²) < 4.78 is 5.54. The third-order valence-electron chi connectivity index (χ3n) is 3.03. The predicted molar refractivity (Wildman–Crippen MR) is 85.5 cm³/mol. The normalized spacial score (nSPS) is 10.1. The number of carbonyl (C=O) groups is 1. The molecule has 1 amide bonds. The minimum absolute atomic E-state index is 0.186. The Labute approximate surface area is 133 Å². The summed E-state index contributed by atoms with van der Waals surface area (Å²) in [6.07, 6.45) is 6.04. The van der Waals surface area contributed by atoms with Crippen LogP contribution in [0.15, 0.2) is 61.3 Å². The Hall–Kier alpha value is -3.28. The minimum atomic E-state index is -0.186. The molecule has 6 heteroatoms. The van der Waals surface area contributed by atoms with E-state index in [1.807, 2.05) is 25.1 Å². The molecule has 0 atom stereocenters. The molecule has 1 N–H and O–H groups in total. The van der Waals surface area contributed by atoms with Gasteiger partial charge in [-0.2, -0.15) is 0 Å². The van der Waals surface area contributed by atoms with Crippen LogP contribution in [0.1, 0.15) is 15.9 Å². The van der Waals surface area contributed by atoms with Crippen molar-refractivity contribution in [1.82, 2.24) is 15.0 Å². The van der Waals surface area contributed by atoms with Crippen molar-refractivity contribution in [2.45, 2.75) is 6.92 Å². The average molecular weight is 306 g/mol. The van der Waals surface area contributed by atoms with Crippen LogP contribution in [-0.4, -0.2) is 20.9 Å². The zero-order chi connectivity index (χ0) is 16.1. The molecule has 1 aromatic carbocycles. The number of pyridine rings is 1. The Bertz CT molecular complexity index is 822. The maximum Gasteiger partial charge on any atom is 0.255 e. The third-order valence-corrected chi connectivity index (χ3v) is 3.03. The van der Waals surface area contributed by atoms with Crippen molar-refractivity contribution in [1.29, 1.82) is 0 Å². The third kappa shape index (κ3) is 3.88. The molecule has 0 bridgehead atoms. The van der Waals surface area contributed by atoms with E-state index in [9.17, 15) is 4.79 Å². The van der Waals surface area contributed by atoms with E-state index >= 15 is 0 Å². The summed E-state index contributed by atoms with van der Waals surface area (Å²) in [5, 5.41) is 2.82. The molecular weight excluding hydrogens is 292 g/mol. The van der Waals surface area contributed by atoms with Gasteiger partial charge in [0.2, 0.25) is 5.88 Å². The molecule has 0 unspecified atom stereocenters. The Morgan fingerprint density at radius 2 is 1.96 bits per heavy atom. The summed E-state index contributed by atoms with van der Waals surface area (Å²) in [5.74, 6) is 0.637. The van der Waals surface area contributed by atoms with Gasteiger partial charge in [0.25, 0.3) is 5.91 Å². The molecule has 114 valence electrons. The number of anilines is 1. The van der Waals surface area contributed by atoms with Gasteiger partial charge in [-0.3, -0.25) is 4.79 Å². The van der Waals surface area contributed by atoms with Crippen molar-refractivity contribution < 1.29 is 9.53 Å². The second-order valence-electron chi connectivity index (χ2n) is 4.88. The highest BCUT2D eigenvalue weighted by Crippen LogP contribution is 2.20. The van der Waals surface area contributed by atoms with E-state index in [-0.39, 0.29) is 5.91 Å².